The average molecular weight is 474 g/mol. The van der Waals surface area contributed by atoms with E-state index in [9.17, 15) is 9.36 Å². The lowest BCUT2D eigenvalue weighted by atomic mass is 9.99. The summed E-state index contributed by atoms with van der Waals surface area (Å²) in [6, 6.07) is 3.09. The van der Waals surface area contributed by atoms with Gasteiger partial charge in [-0.3, -0.25) is 4.52 Å². The number of hydrogen-bond acceptors (Lipinski definition) is 8. The van der Waals surface area contributed by atoms with Gasteiger partial charge >= 0.3 is 25.8 Å². The first-order valence-electron chi connectivity index (χ1n) is 9.48. The summed E-state index contributed by atoms with van der Waals surface area (Å²) >= 11 is 5.94. The predicted octanol–water partition coefficient (Wildman–Crippen LogP) is 3.72. The molecule has 2 N–H and O–H groups in total. The van der Waals surface area contributed by atoms with Gasteiger partial charge in [-0.2, -0.15) is 9.97 Å². The van der Waals surface area contributed by atoms with Crippen LogP contribution in [0.5, 0.6) is 12.0 Å². The van der Waals surface area contributed by atoms with E-state index in [0.29, 0.717) is 18.4 Å². The predicted molar refractivity (Wildman–Crippen MR) is 112 cm³/mol. The Labute approximate surface area is 185 Å². The molecule has 1 aromatic carbocycles. The van der Waals surface area contributed by atoms with Crippen LogP contribution in [0.25, 0.3) is 0 Å². The van der Waals surface area contributed by atoms with E-state index < -0.39 is 26.0 Å². The molecule has 0 radical (unpaired) electrons. The summed E-state index contributed by atoms with van der Waals surface area (Å²) in [7, 11) is -4.71. The lowest BCUT2D eigenvalue weighted by Gasteiger charge is -2.31. The monoisotopic (exact) mass is 473 g/mol. The van der Waals surface area contributed by atoms with Crippen LogP contribution in [-0.2, 0) is 9.09 Å². The lowest BCUT2D eigenvalue weighted by molar-refractivity contribution is -0.00555. The number of ether oxygens (including phenoxy) is 2. The van der Waals surface area contributed by atoms with Gasteiger partial charge in [0.25, 0.3) is 0 Å². The second-order valence-corrected chi connectivity index (χ2v) is 8.67. The van der Waals surface area contributed by atoms with Crippen molar-refractivity contribution in [2.24, 2.45) is 0 Å². The van der Waals surface area contributed by atoms with Crippen molar-refractivity contribution in [2.45, 2.75) is 53.1 Å². The van der Waals surface area contributed by atoms with E-state index in [4.69, 9.17) is 30.9 Å². The van der Waals surface area contributed by atoms with Gasteiger partial charge in [0.05, 0.1) is 12.2 Å². The van der Waals surface area contributed by atoms with Gasteiger partial charge in [0, 0.05) is 0 Å². The summed E-state index contributed by atoms with van der Waals surface area (Å²) in [6.07, 6.45) is 0.646. The van der Waals surface area contributed by atoms with Gasteiger partial charge < -0.3 is 19.3 Å². The zero-order valence-electron chi connectivity index (χ0n) is 17.9. The molecule has 0 amide bonds. The first-order valence-corrected chi connectivity index (χ1v) is 11.4. The first kappa shape index (κ1) is 25.2. The Bertz CT molecular complexity index is 985. The summed E-state index contributed by atoms with van der Waals surface area (Å²) in [6.45, 7) is 8.60. The van der Waals surface area contributed by atoms with Crippen molar-refractivity contribution in [1.29, 1.82) is 0 Å². The molecule has 0 unspecified atom stereocenters. The van der Waals surface area contributed by atoms with Gasteiger partial charge in [-0.05, 0) is 56.3 Å². The number of aromatic nitrogens is 3. The van der Waals surface area contributed by atoms with E-state index in [1.165, 1.54) is 0 Å². The lowest BCUT2D eigenvalue weighted by Crippen LogP contribution is -2.40. The summed E-state index contributed by atoms with van der Waals surface area (Å²) in [5.41, 5.74) is 1.74. The molecule has 0 aliphatic rings. The number of rotatable bonds is 9. The van der Waals surface area contributed by atoms with Crippen LogP contribution >= 0.6 is 19.4 Å². The molecule has 12 heteroatoms. The van der Waals surface area contributed by atoms with E-state index in [0.717, 1.165) is 16.7 Å². The van der Waals surface area contributed by atoms with Crippen LogP contribution in [0.1, 0.15) is 53.7 Å². The average Bonchev–Trinajstić information content (AvgIpc) is 2.63. The van der Waals surface area contributed by atoms with Gasteiger partial charge in [-0.25, -0.2) is 9.36 Å². The quantitative estimate of drug-likeness (QED) is 0.408. The summed E-state index contributed by atoms with van der Waals surface area (Å²) < 4.78 is 26.8. The van der Waals surface area contributed by atoms with Gasteiger partial charge in [0.2, 0.25) is 5.28 Å². The van der Waals surface area contributed by atoms with E-state index in [1.54, 1.807) is 27.7 Å². The smallest absolute Gasteiger partial charge is 0.454 e. The molecule has 1 heterocycles. The van der Waals surface area contributed by atoms with Crippen LogP contribution in [-0.4, -0.2) is 42.9 Å². The number of halogens is 1. The molecular weight excluding hydrogens is 449 g/mol. The third kappa shape index (κ3) is 6.95. The van der Waals surface area contributed by atoms with Gasteiger partial charge in [0.15, 0.2) is 0 Å². The third-order valence-electron chi connectivity index (χ3n) is 4.72. The number of benzene rings is 1. The maximum absolute atomic E-state index is 12.7. The number of phosphoric acid groups is 1. The molecule has 0 fully saturated rings. The Hall–Kier alpha value is -2.10. The number of aryl methyl sites for hydroxylation is 3. The van der Waals surface area contributed by atoms with Crippen molar-refractivity contribution in [3.8, 4) is 12.0 Å². The number of nitrogens with zero attached hydrogens (tertiary/aromatic N) is 3. The van der Waals surface area contributed by atoms with Crippen molar-refractivity contribution in [3.63, 3.8) is 0 Å². The van der Waals surface area contributed by atoms with Crippen LogP contribution in [0, 0.1) is 20.8 Å². The Balaban J connectivity index is 2.29. The maximum Gasteiger partial charge on any atom is 0.469 e. The second-order valence-electron chi connectivity index (χ2n) is 7.09. The molecule has 0 spiro atoms. The Morgan fingerprint density at radius 1 is 1.06 bits per heavy atom. The van der Waals surface area contributed by atoms with Crippen LogP contribution in [0.15, 0.2) is 12.1 Å². The highest BCUT2D eigenvalue weighted by molar-refractivity contribution is 7.46. The fourth-order valence-corrected chi connectivity index (χ4v) is 3.61. The second kappa shape index (κ2) is 10.0. The summed E-state index contributed by atoms with van der Waals surface area (Å²) in [4.78, 5) is 42.4. The van der Waals surface area contributed by atoms with Crippen molar-refractivity contribution < 1.29 is 33.1 Å². The molecule has 0 saturated heterocycles. The molecular formula is C19H25ClN3O7P. The Kier molecular flexibility index (Phi) is 8.13. The molecule has 1 aromatic heterocycles. The normalized spacial score (nSPS) is 12.0. The van der Waals surface area contributed by atoms with E-state index in [-0.39, 0.29) is 17.3 Å². The van der Waals surface area contributed by atoms with Crippen LogP contribution in [0.2, 0.25) is 5.28 Å². The van der Waals surface area contributed by atoms with Crippen molar-refractivity contribution in [3.05, 3.63) is 39.7 Å². The Morgan fingerprint density at radius 3 is 2.13 bits per heavy atom. The maximum atomic E-state index is 12.7. The van der Waals surface area contributed by atoms with Crippen LogP contribution < -0.4 is 9.47 Å². The fourth-order valence-electron chi connectivity index (χ4n) is 3.07. The zero-order chi connectivity index (χ0) is 23.4. The number of phosphoric ester groups is 1. The van der Waals surface area contributed by atoms with E-state index in [1.807, 2.05) is 19.1 Å². The van der Waals surface area contributed by atoms with Crippen LogP contribution in [0.4, 0.5) is 0 Å². The van der Waals surface area contributed by atoms with Gasteiger partial charge in [-0.1, -0.05) is 31.5 Å². The number of esters is 1. The SMILES string of the molecule is CCC(CC)(COP(=O)(O)O)Oc1nc(Cl)nc(OC(=O)c2c(C)cc(C)cc2C)n1. The molecule has 0 bridgehead atoms. The third-order valence-corrected chi connectivity index (χ3v) is 5.36. The molecule has 10 nitrogen and oxygen atoms in total. The molecule has 2 aromatic rings. The fraction of sp³-hybridized carbons (Fsp3) is 0.474. The van der Waals surface area contributed by atoms with E-state index >= 15 is 0 Å². The summed E-state index contributed by atoms with van der Waals surface area (Å²) in [5, 5.41) is -0.276. The van der Waals surface area contributed by atoms with E-state index in [2.05, 4.69) is 19.5 Å². The molecule has 2 rings (SSSR count). The zero-order valence-corrected chi connectivity index (χ0v) is 19.5. The minimum absolute atomic E-state index is 0.266. The minimum atomic E-state index is -4.71. The van der Waals surface area contributed by atoms with Gasteiger partial charge in [-0.15, -0.1) is 4.98 Å². The van der Waals surface area contributed by atoms with Gasteiger partial charge in [0.1, 0.15) is 5.60 Å². The molecule has 0 atom stereocenters. The van der Waals surface area contributed by atoms with Crippen molar-refractivity contribution in [1.82, 2.24) is 15.0 Å². The molecule has 170 valence electrons. The number of carbonyl (C=O) groups excluding carboxylic acids is 1. The molecule has 31 heavy (non-hydrogen) atoms. The number of carbonyl (C=O) groups is 1. The topological polar surface area (TPSA) is 141 Å². The molecule has 0 aliphatic heterocycles. The highest BCUT2D eigenvalue weighted by Crippen LogP contribution is 2.38. The van der Waals surface area contributed by atoms with Crippen LogP contribution in [0.3, 0.4) is 0 Å². The molecule has 0 saturated carbocycles. The first-order chi connectivity index (χ1) is 14.4. The van der Waals surface area contributed by atoms with Crippen molar-refractivity contribution in [2.75, 3.05) is 6.61 Å². The van der Waals surface area contributed by atoms with Crippen molar-refractivity contribution >= 4 is 25.4 Å². The standard InChI is InChI=1S/C19H25ClN3O7P/c1-6-19(7-2,10-28-31(25,26)27)30-18-22-16(20)21-17(23-18)29-15(24)14-12(4)8-11(3)9-13(14)5/h8-9H,6-7,10H2,1-5H3,(H2,25,26,27). The Morgan fingerprint density at radius 2 is 1.61 bits per heavy atom. The highest BCUT2D eigenvalue weighted by atomic mass is 35.5. The number of hydrogen-bond donors (Lipinski definition) is 2. The minimum Gasteiger partial charge on any atom is -0.454 e. The largest absolute Gasteiger partial charge is 0.469 e. The summed E-state index contributed by atoms with van der Waals surface area (Å²) in [5.74, 6) is -0.662. The molecule has 0 aliphatic carbocycles. The highest BCUT2D eigenvalue weighted by Gasteiger charge is 2.34.